The zero-order valence-corrected chi connectivity index (χ0v) is 20.3. The maximum atomic E-state index is 12.4. The number of rotatable bonds is 9. The summed E-state index contributed by atoms with van der Waals surface area (Å²) >= 11 is 12.5. The minimum absolute atomic E-state index is 0.0688. The second kappa shape index (κ2) is 11.4. The van der Waals surface area contributed by atoms with Gasteiger partial charge in [-0.2, -0.15) is 5.26 Å². The molecule has 3 unspecified atom stereocenters. The van der Waals surface area contributed by atoms with Crippen LogP contribution in [0.5, 0.6) is 0 Å². The lowest BCUT2D eigenvalue weighted by atomic mass is 9.91. The fraction of sp³-hybridized carbons (Fsp3) is 0.400. The van der Waals surface area contributed by atoms with Crippen molar-refractivity contribution >= 4 is 40.8 Å². The first-order valence-corrected chi connectivity index (χ1v) is 11.9. The number of unbranched alkanes of at least 4 members (excludes halogenated alkanes) is 2. The molecule has 1 saturated heterocycles. The first-order valence-electron chi connectivity index (χ1n) is 11.1. The van der Waals surface area contributed by atoms with Gasteiger partial charge in [0, 0.05) is 28.2 Å². The van der Waals surface area contributed by atoms with Gasteiger partial charge in [-0.15, -0.1) is 0 Å². The number of anilines is 1. The molecule has 0 aliphatic carbocycles. The standard InChI is InChI=1S/C25H28Cl2N4O2/c1-15-12-19(20(14-28)17-8-10-18(26)11-9-17)21(27)13-23(15)30-24(32)7-5-3-4-6-22-16(2)29-25(33)31-22/h8-13,16,20,22H,3-7H2,1-2H3,(H,30,32)(H2,29,31,33). The lowest BCUT2D eigenvalue weighted by Gasteiger charge is -2.16. The number of hydrogen-bond acceptors (Lipinski definition) is 3. The number of nitrogens with one attached hydrogen (secondary N) is 3. The van der Waals surface area contributed by atoms with Crippen LogP contribution in [0.15, 0.2) is 36.4 Å². The average molecular weight is 487 g/mol. The molecular weight excluding hydrogens is 459 g/mol. The molecule has 0 aromatic heterocycles. The maximum absolute atomic E-state index is 12.4. The molecule has 2 aromatic rings. The van der Waals surface area contributed by atoms with E-state index >= 15 is 0 Å². The predicted octanol–water partition coefficient (Wildman–Crippen LogP) is 5.92. The van der Waals surface area contributed by atoms with Gasteiger partial charge >= 0.3 is 6.03 Å². The van der Waals surface area contributed by atoms with Crippen LogP contribution in [0, 0.1) is 18.3 Å². The van der Waals surface area contributed by atoms with Gasteiger partial charge in [0.05, 0.1) is 18.0 Å². The highest BCUT2D eigenvalue weighted by atomic mass is 35.5. The van der Waals surface area contributed by atoms with E-state index in [-0.39, 0.29) is 24.0 Å². The van der Waals surface area contributed by atoms with Gasteiger partial charge in [-0.05, 0) is 61.6 Å². The highest BCUT2D eigenvalue weighted by molar-refractivity contribution is 6.32. The van der Waals surface area contributed by atoms with Crippen LogP contribution in [0.25, 0.3) is 0 Å². The van der Waals surface area contributed by atoms with Gasteiger partial charge in [0.2, 0.25) is 5.91 Å². The van der Waals surface area contributed by atoms with Gasteiger partial charge in [0.1, 0.15) is 0 Å². The number of urea groups is 1. The number of nitrogens with zero attached hydrogens (tertiary/aromatic N) is 1. The first-order chi connectivity index (χ1) is 15.8. The highest BCUT2D eigenvalue weighted by Gasteiger charge is 2.26. The van der Waals surface area contributed by atoms with Crippen molar-refractivity contribution in [2.45, 2.75) is 64.0 Å². The SMILES string of the molecule is Cc1cc(C(C#N)c2ccc(Cl)cc2)c(Cl)cc1NC(=O)CCCCCC1NC(=O)NC1C. The Hall–Kier alpha value is -2.75. The molecule has 3 rings (SSSR count). The van der Waals surface area contributed by atoms with Crippen molar-refractivity contribution in [1.29, 1.82) is 5.26 Å². The van der Waals surface area contributed by atoms with Crippen LogP contribution in [0.2, 0.25) is 10.0 Å². The molecule has 3 atom stereocenters. The molecule has 33 heavy (non-hydrogen) atoms. The Balaban J connectivity index is 1.53. The minimum atomic E-state index is -0.527. The Bertz CT molecular complexity index is 1050. The van der Waals surface area contributed by atoms with Crippen molar-refractivity contribution in [2.24, 2.45) is 0 Å². The Kier molecular flexibility index (Phi) is 8.60. The molecule has 174 valence electrons. The van der Waals surface area contributed by atoms with E-state index in [2.05, 4.69) is 22.0 Å². The van der Waals surface area contributed by atoms with E-state index in [0.717, 1.165) is 36.8 Å². The third-order valence-corrected chi connectivity index (χ3v) is 6.54. The van der Waals surface area contributed by atoms with Gasteiger partial charge < -0.3 is 16.0 Å². The zero-order chi connectivity index (χ0) is 24.0. The van der Waals surface area contributed by atoms with Crippen molar-refractivity contribution in [1.82, 2.24) is 10.6 Å². The summed E-state index contributed by atoms with van der Waals surface area (Å²) in [5.74, 6) is -0.596. The second-order valence-corrected chi connectivity index (χ2v) is 9.31. The Morgan fingerprint density at radius 1 is 1.15 bits per heavy atom. The molecule has 2 aromatic carbocycles. The number of carbonyl (C=O) groups is 2. The fourth-order valence-electron chi connectivity index (χ4n) is 4.04. The topological polar surface area (TPSA) is 94.0 Å². The van der Waals surface area contributed by atoms with Crippen LogP contribution in [-0.2, 0) is 4.79 Å². The summed E-state index contributed by atoms with van der Waals surface area (Å²) in [6.07, 6.45) is 3.94. The number of benzene rings is 2. The van der Waals surface area contributed by atoms with Crippen LogP contribution >= 0.6 is 23.2 Å². The third-order valence-electron chi connectivity index (χ3n) is 5.96. The molecule has 6 nitrogen and oxygen atoms in total. The number of hydrogen-bond donors (Lipinski definition) is 3. The zero-order valence-electron chi connectivity index (χ0n) is 18.8. The summed E-state index contributed by atoms with van der Waals surface area (Å²) in [4.78, 5) is 23.8. The van der Waals surface area contributed by atoms with E-state index < -0.39 is 5.92 Å². The summed E-state index contributed by atoms with van der Waals surface area (Å²) in [5, 5.41) is 19.5. The van der Waals surface area contributed by atoms with Crippen LogP contribution in [-0.4, -0.2) is 24.0 Å². The van der Waals surface area contributed by atoms with E-state index in [4.69, 9.17) is 23.2 Å². The molecule has 0 bridgehead atoms. The summed E-state index contributed by atoms with van der Waals surface area (Å²) in [5.41, 5.74) is 2.99. The van der Waals surface area contributed by atoms with E-state index in [0.29, 0.717) is 27.7 Å². The average Bonchev–Trinajstić information content (AvgIpc) is 3.09. The van der Waals surface area contributed by atoms with Crippen molar-refractivity contribution in [3.63, 3.8) is 0 Å². The first kappa shape index (κ1) is 24.9. The molecule has 3 amide bonds. The molecular formula is C25H28Cl2N4O2. The molecule has 1 aliphatic heterocycles. The van der Waals surface area contributed by atoms with E-state index in [9.17, 15) is 14.9 Å². The van der Waals surface area contributed by atoms with E-state index in [1.54, 1.807) is 18.2 Å². The maximum Gasteiger partial charge on any atom is 0.315 e. The quantitative estimate of drug-likeness (QED) is 0.384. The van der Waals surface area contributed by atoms with E-state index in [1.165, 1.54) is 0 Å². The van der Waals surface area contributed by atoms with Gasteiger partial charge in [0.15, 0.2) is 0 Å². The van der Waals surface area contributed by atoms with Crippen LogP contribution in [0.4, 0.5) is 10.5 Å². The molecule has 1 aliphatic rings. The number of aryl methyl sites for hydroxylation is 1. The smallest absolute Gasteiger partial charge is 0.315 e. The summed E-state index contributed by atoms with van der Waals surface area (Å²) in [7, 11) is 0. The second-order valence-electron chi connectivity index (χ2n) is 8.46. The van der Waals surface area contributed by atoms with Crippen molar-refractivity contribution in [3.8, 4) is 6.07 Å². The highest BCUT2D eigenvalue weighted by Crippen LogP contribution is 2.34. The predicted molar refractivity (Wildman–Crippen MR) is 132 cm³/mol. The third kappa shape index (κ3) is 6.63. The molecule has 3 N–H and O–H groups in total. The lowest BCUT2D eigenvalue weighted by molar-refractivity contribution is -0.116. The monoisotopic (exact) mass is 486 g/mol. The molecule has 8 heteroatoms. The fourth-order valence-corrected chi connectivity index (χ4v) is 4.44. The van der Waals surface area contributed by atoms with Crippen LogP contribution in [0.1, 0.15) is 61.6 Å². The van der Waals surface area contributed by atoms with Gasteiger partial charge in [-0.1, -0.05) is 54.2 Å². The molecule has 0 radical (unpaired) electrons. The Morgan fingerprint density at radius 2 is 1.88 bits per heavy atom. The molecule has 0 saturated carbocycles. The minimum Gasteiger partial charge on any atom is -0.334 e. The normalized spacial score (nSPS) is 18.2. The van der Waals surface area contributed by atoms with Gasteiger partial charge in [-0.25, -0.2) is 4.79 Å². The largest absolute Gasteiger partial charge is 0.334 e. The molecule has 1 fully saturated rings. The van der Waals surface area contributed by atoms with Gasteiger partial charge in [0.25, 0.3) is 0 Å². The number of halogens is 2. The summed E-state index contributed by atoms with van der Waals surface area (Å²) < 4.78 is 0. The molecule has 1 heterocycles. The number of amides is 3. The number of carbonyl (C=O) groups excluding carboxylic acids is 2. The Labute approximate surface area is 204 Å². The molecule has 0 spiro atoms. The summed E-state index contributed by atoms with van der Waals surface area (Å²) in [6.45, 7) is 3.87. The van der Waals surface area contributed by atoms with Gasteiger partial charge in [-0.3, -0.25) is 4.79 Å². The Morgan fingerprint density at radius 3 is 2.52 bits per heavy atom. The van der Waals surface area contributed by atoms with Crippen molar-refractivity contribution in [3.05, 3.63) is 63.1 Å². The van der Waals surface area contributed by atoms with Crippen molar-refractivity contribution in [2.75, 3.05) is 5.32 Å². The van der Waals surface area contributed by atoms with Crippen LogP contribution in [0.3, 0.4) is 0 Å². The summed E-state index contributed by atoms with van der Waals surface area (Å²) in [6, 6.07) is 13.2. The number of nitriles is 1. The van der Waals surface area contributed by atoms with E-state index in [1.807, 2.05) is 32.0 Å². The lowest BCUT2D eigenvalue weighted by Crippen LogP contribution is -2.30. The van der Waals surface area contributed by atoms with Crippen molar-refractivity contribution < 1.29 is 9.59 Å². The van der Waals surface area contributed by atoms with Crippen LogP contribution < -0.4 is 16.0 Å².